The van der Waals surface area contributed by atoms with Crippen molar-refractivity contribution in [2.24, 2.45) is 5.11 Å². The van der Waals surface area contributed by atoms with E-state index in [4.69, 9.17) is 17.1 Å². The molecule has 0 aliphatic rings. The zero-order chi connectivity index (χ0) is 10.4. The molecule has 0 aromatic heterocycles. The van der Waals surface area contributed by atoms with Crippen molar-refractivity contribution in [3.05, 3.63) is 45.0 Å². The molecule has 0 saturated carbocycles. The zero-order valence-corrected chi connectivity index (χ0v) is 7.79. The van der Waals surface area contributed by atoms with Crippen molar-refractivity contribution < 1.29 is 4.39 Å². The van der Waals surface area contributed by atoms with Crippen molar-refractivity contribution in [2.75, 3.05) is 6.54 Å². The Morgan fingerprint density at radius 2 is 2.36 bits per heavy atom. The van der Waals surface area contributed by atoms with E-state index in [1.807, 2.05) is 0 Å². The minimum atomic E-state index is -0.479. The SMILES string of the molecule is [N-]=[N+]=NCC#Cc1ccc(F)c(Cl)c1. The van der Waals surface area contributed by atoms with Crippen molar-refractivity contribution in [1.82, 2.24) is 0 Å². The first-order valence-electron chi connectivity index (χ1n) is 3.69. The van der Waals surface area contributed by atoms with E-state index in [9.17, 15) is 4.39 Å². The molecular formula is C9H5ClFN3. The summed E-state index contributed by atoms with van der Waals surface area (Å²) < 4.78 is 12.7. The van der Waals surface area contributed by atoms with Gasteiger partial charge in [0.2, 0.25) is 0 Å². The molecule has 0 aliphatic heterocycles. The van der Waals surface area contributed by atoms with Crippen LogP contribution < -0.4 is 0 Å². The molecule has 1 aromatic rings. The molecule has 0 N–H and O–H groups in total. The van der Waals surface area contributed by atoms with E-state index >= 15 is 0 Å². The fourth-order valence-corrected chi connectivity index (χ4v) is 0.963. The molecule has 0 saturated heterocycles. The monoisotopic (exact) mass is 209 g/mol. The van der Waals surface area contributed by atoms with E-state index in [1.165, 1.54) is 18.2 Å². The van der Waals surface area contributed by atoms with Crippen LogP contribution in [0.15, 0.2) is 23.3 Å². The van der Waals surface area contributed by atoms with Crippen molar-refractivity contribution in [3.8, 4) is 11.8 Å². The van der Waals surface area contributed by atoms with Gasteiger partial charge in [0.15, 0.2) is 0 Å². The molecule has 0 aliphatic carbocycles. The fraction of sp³-hybridized carbons (Fsp3) is 0.111. The molecule has 0 atom stereocenters. The summed E-state index contributed by atoms with van der Waals surface area (Å²) >= 11 is 5.53. The highest BCUT2D eigenvalue weighted by Crippen LogP contribution is 2.14. The molecule has 0 fully saturated rings. The minimum absolute atomic E-state index is 0.0283. The van der Waals surface area contributed by atoms with Crippen LogP contribution in [0.25, 0.3) is 10.4 Å². The minimum Gasteiger partial charge on any atom is -0.205 e. The second-order valence-corrected chi connectivity index (χ2v) is 2.73. The van der Waals surface area contributed by atoms with Crippen LogP contribution >= 0.6 is 11.6 Å². The number of hydrogen-bond acceptors (Lipinski definition) is 1. The summed E-state index contributed by atoms with van der Waals surface area (Å²) in [6.45, 7) is 0.0888. The Kier molecular flexibility index (Phi) is 3.81. The molecule has 0 spiro atoms. The van der Waals surface area contributed by atoms with Gasteiger partial charge in [0.05, 0.1) is 11.6 Å². The van der Waals surface area contributed by atoms with Crippen LogP contribution in [0.1, 0.15) is 5.56 Å². The van der Waals surface area contributed by atoms with Crippen molar-refractivity contribution in [2.45, 2.75) is 0 Å². The highest BCUT2D eigenvalue weighted by atomic mass is 35.5. The number of nitrogens with zero attached hydrogens (tertiary/aromatic N) is 3. The number of benzene rings is 1. The molecule has 14 heavy (non-hydrogen) atoms. The van der Waals surface area contributed by atoms with E-state index in [1.54, 1.807) is 0 Å². The van der Waals surface area contributed by atoms with E-state index in [0.29, 0.717) is 5.56 Å². The topological polar surface area (TPSA) is 48.8 Å². The van der Waals surface area contributed by atoms with E-state index in [0.717, 1.165) is 0 Å². The van der Waals surface area contributed by atoms with Crippen LogP contribution in [0, 0.1) is 17.7 Å². The van der Waals surface area contributed by atoms with Gasteiger partial charge in [-0.25, -0.2) is 4.39 Å². The van der Waals surface area contributed by atoms with Crippen LogP contribution in [0.2, 0.25) is 5.02 Å². The molecule has 0 heterocycles. The van der Waals surface area contributed by atoms with Gasteiger partial charge in [0, 0.05) is 10.5 Å². The number of azide groups is 1. The zero-order valence-electron chi connectivity index (χ0n) is 7.04. The molecule has 0 radical (unpaired) electrons. The number of hydrogen-bond donors (Lipinski definition) is 0. The van der Waals surface area contributed by atoms with Gasteiger partial charge in [-0.1, -0.05) is 28.6 Å². The fourth-order valence-electron chi connectivity index (χ4n) is 0.782. The van der Waals surface area contributed by atoms with Crippen molar-refractivity contribution in [1.29, 1.82) is 0 Å². The summed E-state index contributed by atoms with van der Waals surface area (Å²) in [5.41, 5.74) is 8.55. The Balaban J connectivity index is 2.80. The lowest BCUT2D eigenvalue weighted by Gasteiger charge is -1.93. The smallest absolute Gasteiger partial charge is 0.141 e. The summed E-state index contributed by atoms with van der Waals surface area (Å²) in [5, 5.41) is 3.26. The first-order valence-corrected chi connectivity index (χ1v) is 4.06. The third kappa shape index (κ3) is 2.98. The van der Waals surface area contributed by atoms with Gasteiger partial charge in [0.25, 0.3) is 0 Å². The van der Waals surface area contributed by atoms with Gasteiger partial charge in [0.1, 0.15) is 5.82 Å². The molecule has 1 rings (SSSR count). The molecule has 3 nitrogen and oxygen atoms in total. The van der Waals surface area contributed by atoms with Gasteiger partial charge in [-0.05, 0) is 23.7 Å². The van der Waals surface area contributed by atoms with E-state index in [-0.39, 0.29) is 11.6 Å². The molecule has 1 aromatic carbocycles. The van der Waals surface area contributed by atoms with Crippen molar-refractivity contribution >= 4 is 11.6 Å². The summed E-state index contributed by atoms with van der Waals surface area (Å²) in [5.74, 6) is 4.80. The maximum Gasteiger partial charge on any atom is 0.141 e. The lowest BCUT2D eigenvalue weighted by molar-refractivity contribution is 0.628. The summed E-state index contributed by atoms with van der Waals surface area (Å²) in [4.78, 5) is 2.53. The van der Waals surface area contributed by atoms with Crippen molar-refractivity contribution in [3.63, 3.8) is 0 Å². The first-order chi connectivity index (χ1) is 6.74. The Morgan fingerprint density at radius 1 is 1.57 bits per heavy atom. The quantitative estimate of drug-likeness (QED) is 0.295. The van der Waals surface area contributed by atoms with Crippen LogP contribution in [0.4, 0.5) is 4.39 Å². The molecule has 0 amide bonds. The number of halogens is 2. The third-order valence-electron chi connectivity index (χ3n) is 1.37. The summed E-state index contributed by atoms with van der Waals surface area (Å²) in [7, 11) is 0. The van der Waals surface area contributed by atoms with Crippen LogP contribution in [-0.2, 0) is 0 Å². The highest BCUT2D eigenvalue weighted by Gasteiger charge is 1.97. The maximum atomic E-state index is 12.7. The lowest BCUT2D eigenvalue weighted by Crippen LogP contribution is -1.79. The lowest BCUT2D eigenvalue weighted by atomic mass is 10.2. The van der Waals surface area contributed by atoms with Gasteiger partial charge in [-0.3, -0.25) is 0 Å². The predicted molar refractivity (Wildman–Crippen MR) is 52.3 cm³/mol. The van der Waals surface area contributed by atoms with Gasteiger partial charge < -0.3 is 0 Å². The van der Waals surface area contributed by atoms with Crippen LogP contribution in [0.3, 0.4) is 0 Å². The average molecular weight is 210 g/mol. The average Bonchev–Trinajstić information content (AvgIpc) is 2.18. The van der Waals surface area contributed by atoms with Gasteiger partial charge in [-0.15, -0.1) is 0 Å². The third-order valence-corrected chi connectivity index (χ3v) is 1.65. The van der Waals surface area contributed by atoms with Crippen LogP contribution in [0.5, 0.6) is 0 Å². The van der Waals surface area contributed by atoms with Gasteiger partial charge >= 0.3 is 0 Å². The van der Waals surface area contributed by atoms with E-state index < -0.39 is 5.82 Å². The second-order valence-electron chi connectivity index (χ2n) is 2.32. The predicted octanol–water partition coefficient (Wildman–Crippen LogP) is 3.14. The number of rotatable bonds is 1. The normalized spacial score (nSPS) is 8.43. The second kappa shape index (κ2) is 5.13. The highest BCUT2D eigenvalue weighted by molar-refractivity contribution is 6.30. The molecule has 70 valence electrons. The summed E-state index contributed by atoms with van der Waals surface area (Å²) in [6, 6.07) is 4.16. The van der Waals surface area contributed by atoms with E-state index in [2.05, 4.69) is 21.9 Å². The van der Waals surface area contributed by atoms with Crippen LogP contribution in [-0.4, -0.2) is 6.54 Å². The standard InChI is InChI=1S/C9H5ClFN3/c10-8-6-7(3-4-9(8)11)2-1-5-13-14-12/h3-4,6H,5H2. The Labute approximate surface area is 85.1 Å². The molecule has 0 bridgehead atoms. The molecular weight excluding hydrogens is 205 g/mol. The first kappa shape index (κ1) is 10.4. The summed E-state index contributed by atoms with van der Waals surface area (Å²) in [6.07, 6.45) is 0. The maximum absolute atomic E-state index is 12.7. The Hall–Kier alpha value is -1.69. The Bertz CT molecular complexity index is 441. The Morgan fingerprint density at radius 3 is 3.00 bits per heavy atom. The van der Waals surface area contributed by atoms with Gasteiger partial charge in [-0.2, -0.15) is 0 Å². The molecule has 0 unspecified atom stereocenters. The largest absolute Gasteiger partial charge is 0.205 e. The molecule has 5 heteroatoms.